The topological polar surface area (TPSA) is 249 Å². The van der Waals surface area contributed by atoms with Crippen molar-refractivity contribution in [1.82, 2.24) is 26.6 Å². The quantitative estimate of drug-likeness (QED) is 0.106. The molecule has 6 amide bonds. The number of rotatable bonds is 19. The van der Waals surface area contributed by atoms with Crippen molar-refractivity contribution in [2.45, 2.75) is 89.9 Å². The second kappa shape index (κ2) is 20.2. The zero-order chi connectivity index (χ0) is 37.4. The number of nitrogens with two attached hydrogens (primary N) is 1. The van der Waals surface area contributed by atoms with E-state index in [1.54, 1.807) is 37.3 Å². The number of ether oxygens (including phenoxy) is 1. The van der Waals surface area contributed by atoms with Crippen LogP contribution in [-0.2, 0) is 43.3 Å². The van der Waals surface area contributed by atoms with Crippen LogP contribution in [0, 0.1) is 11.8 Å². The van der Waals surface area contributed by atoms with Crippen molar-refractivity contribution in [3.8, 4) is 0 Å². The van der Waals surface area contributed by atoms with Gasteiger partial charge in [-0.05, 0) is 36.7 Å². The first kappa shape index (κ1) is 41.6. The Labute approximate surface area is 292 Å². The van der Waals surface area contributed by atoms with E-state index in [9.17, 15) is 42.0 Å². The first-order chi connectivity index (χ1) is 23.5. The minimum atomic E-state index is -3.87. The Bertz CT molecular complexity index is 1460. The van der Waals surface area contributed by atoms with Crippen LogP contribution in [-0.4, -0.2) is 93.1 Å². The molecule has 1 saturated carbocycles. The van der Waals surface area contributed by atoms with Gasteiger partial charge in [0.2, 0.25) is 29.4 Å². The summed E-state index contributed by atoms with van der Waals surface area (Å²) in [6, 6.07) is 2.71. The summed E-state index contributed by atoms with van der Waals surface area (Å²) in [5, 5.41) is 11.9. The highest BCUT2D eigenvalue weighted by Crippen LogP contribution is 2.27. The number of Topliss-reactive ketones (excluding diaryl/α,β-unsaturated/α-hetero) is 1. The summed E-state index contributed by atoms with van der Waals surface area (Å²) in [6.45, 7) is 4.78. The van der Waals surface area contributed by atoms with Crippen LogP contribution in [0.3, 0.4) is 0 Å². The van der Waals surface area contributed by atoms with Gasteiger partial charge in [0, 0.05) is 6.26 Å². The molecule has 1 aliphatic rings. The summed E-state index contributed by atoms with van der Waals surface area (Å²) in [7, 11) is -3.87. The second-order valence-corrected chi connectivity index (χ2v) is 15.1. The zero-order valence-electron chi connectivity index (χ0n) is 29.0. The molecule has 0 unspecified atom stereocenters. The number of sulfone groups is 1. The molecule has 278 valence electrons. The number of primary amides is 1. The van der Waals surface area contributed by atoms with Crippen LogP contribution in [0.1, 0.15) is 77.3 Å². The van der Waals surface area contributed by atoms with Gasteiger partial charge >= 0.3 is 6.09 Å². The molecule has 7 N–H and O–H groups in total. The fraction of sp³-hybridized carbons (Fsp3) is 0.606. The standard InChI is InChI=1S/C33H50N6O10S/c1-5-12-23(28(41)32(45)35-17-25(40)38-26(29(34)42)21-13-8-6-9-14-21)36-30(43)24(19-50(4,47)48)37-31(44)27(22-15-10-7-11-16-22)39-33(46)49-18-20(2)3/h6,8-9,13-14,20,22-24,26-27H,5,7,10-12,15-19H2,1-4H3,(H2,34,42)(H,35,45)(H,36,43)(H,37,44)(H,38,40)(H,39,46)/t23-,24-,26-,27-/m0/s1. The van der Waals surface area contributed by atoms with E-state index in [4.69, 9.17) is 10.5 Å². The molecule has 1 aliphatic carbocycles. The van der Waals surface area contributed by atoms with Crippen molar-refractivity contribution < 1.29 is 46.7 Å². The molecule has 4 atom stereocenters. The third-order valence-corrected chi connectivity index (χ3v) is 8.83. The molecule has 0 radical (unpaired) electrons. The lowest BCUT2D eigenvalue weighted by Gasteiger charge is -2.31. The van der Waals surface area contributed by atoms with Crippen LogP contribution >= 0.6 is 0 Å². The van der Waals surface area contributed by atoms with E-state index in [0.29, 0.717) is 24.8 Å². The summed E-state index contributed by atoms with van der Waals surface area (Å²) < 4.78 is 29.8. The van der Waals surface area contributed by atoms with E-state index in [1.807, 2.05) is 13.8 Å². The molecule has 0 aromatic heterocycles. The molecule has 2 rings (SSSR count). The second-order valence-electron chi connectivity index (χ2n) is 12.9. The van der Waals surface area contributed by atoms with Crippen LogP contribution < -0.4 is 32.3 Å². The molecule has 1 aromatic rings. The number of hydrogen-bond acceptors (Lipinski definition) is 10. The molecule has 1 aromatic carbocycles. The number of nitrogens with one attached hydrogen (secondary N) is 5. The molecule has 0 aliphatic heterocycles. The van der Waals surface area contributed by atoms with E-state index in [1.165, 1.54) is 0 Å². The number of ketones is 1. The molecule has 16 nitrogen and oxygen atoms in total. The number of amides is 6. The van der Waals surface area contributed by atoms with Crippen molar-refractivity contribution in [3.63, 3.8) is 0 Å². The molecule has 1 fully saturated rings. The van der Waals surface area contributed by atoms with Gasteiger partial charge in [-0.3, -0.25) is 28.8 Å². The SMILES string of the molecule is CCC[C@H](NC(=O)[C@H](CS(C)(=O)=O)NC(=O)[C@@H](NC(=O)OCC(C)C)C1CCCCC1)C(=O)C(=O)NCC(=O)N[C@H](C(N)=O)c1ccccc1. The third kappa shape index (κ3) is 14.5. The predicted molar refractivity (Wildman–Crippen MR) is 183 cm³/mol. The van der Waals surface area contributed by atoms with Crippen molar-refractivity contribution in [2.24, 2.45) is 17.6 Å². The third-order valence-electron chi connectivity index (χ3n) is 7.89. The molecule has 0 bridgehead atoms. The average Bonchev–Trinajstić information content (AvgIpc) is 3.06. The van der Waals surface area contributed by atoms with Crippen LogP contribution in [0.15, 0.2) is 30.3 Å². The lowest BCUT2D eigenvalue weighted by molar-refractivity contribution is -0.141. The van der Waals surface area contributed by atoms with Gasteiger partial charge in [0.1, 0.15) is 28.0 Å². The Morgan fingerprint density at radius 3 is 2.06 bits per heavy atom. The summed E-state index contributed by atoms with van der Waals surface area (Å²) >= 11 is 0. The smallest absolute Gasteiger partial charge is 0.407 e. The Balaban J connectivity index is 2.15. The molecule has 0 saturated heterocycles. The Kier molecular flexibility index (Phi) is 16.8. The normalized spacial score (nSPS) is 15.8. The fourth-order valence-corrected chi connectivity index (χ4v) is 6.28. The van der Waals surface area contributed by atoms with Gasteiger partial charge in [-0.2, -0.15) is 0 Å². The van der Waals surface area contributed by atoms with E-state index >= 15 is 0 Å². The van der Waals surface area contributed by atoms with Crippen molar-refractivity contribution in [3.05, 3.63) is 35.9 Å². The van der Waals surface area contributed by atoms with Gasteiger partial charge < -0.3 is 37.1 Å². The predicted octanol–water partition coefficient (Wildman–Crippen LogP) is 0.160. The summed E-state index contributed by atoms with van der Waals surface area (Å²) in [5.74, 6) is -6.94. The molecular weight excluding hydrogens is 672 g/mol. The summed E-state index contributed by atoms with van der Waals surface area (Å²) in [6.07, 6.45) is 4.13. The fourth-order valence-electron chi connectivity index (χ4n) is 5.44. The molecule has 17 heteroatoms. The maximum Gasteiger partial charge on any atom is 0.407 e. The number of alkyl carbamates (subject to hydrolysis) is 1. The number of carbonyl (C=O) groups is 7. The molecular formula is C33H50N6O10S. The van der Waals surface area contributed by atoms with E-state index < -0.39 is 87.7 Å². The van der Waals surface area contributed by atoms with Gasteiger partial charge in [0.15, 0.2) is 0 Å². The summed E-state index contributed by atoms with van der Waals surface area (Å²) in [5.41, 5.74) is 5.81. The largest absolute Gasteiger partial charge is 0.449 e. The van der Waals surface area contributed by atoms with Crippen molar-refractivity contribution in [1.29, 1.82) is 0 Å². The van der Waals surface area contributed by atoms with E-state index in [-0.39, 0.29) is 24.9 Å². The maximum absolute atomic E-state index is 13.6. The monoisotopic (exact) mass is 722 g/mol. The Hall–Kier alpha value is -4.54. The van der Waals surface area contributed by atoms with Crippen LogP contribution in [0.4, 0.5) is 4.79 Å². The highest BCUT2D eigenvalue weighted by Gasteiger charge is 2.36. The lowest BCUT2D eigenvalue weighted by atomic mass is 9.83. The average molecular weight is 723 g/mol. The van der Waals surface area contributed by atoms with Gasteiger partial charge in [-0.15, -0.1) is 0 Å². The molecule has 50 heavy (non-hydrogen) atoms. The molecule has 0 heterocycles. The van der Waals surface area contributed by atoms with E-state index in [0.717, 1.165) is 25.5 Å². The summed E-state index contributed by atoms with van der Waals surface area (Å²) in [4.78, 5) is 89.9. The lowest BCUT2D eigenvalue weighted by Crippen LogP contribution is -2.60. The van der Waals surface area contributed by atoms with Crippen molar-refractivity contribution >= 4 is 51.2 Å². The number of hydrogen-bond donors (Lipinski definition) is 6. The zero-order valence-corrected chi connectivity index (χ0v) is 29.8. The molecule has 0 spiro atoms. The highest BCUT2D eigenvalue weighted by atomic mass is 32.2. The Morgan fingerprint density at radius 2 is 1.50 bits per heavy atom. The van der Waals surface area contributed by atoms with E-state index in [2.05, 4.69) is 26.6 Å². The Morgan fingerprint density at radius 1 is 0.880 bits per heavy atom. The van der Waals surface area contributed by atoms with Gasteiger partial charge in [0.25, 0.3) is 5.91 Å². The minimum absolute atomic E-state index is 0.0323. The van der Waals surface area contributed by atoms with Crippen LogP contribution in [0.25, 0.3) is 0 Å². The number of benzene rings is 1. The van der Waals surface area contributed by atoms with Crippen LogP contribution in [0.5, 0.6) is 0 Å². The van der Waals surface area contributed by atoms with Gasteiger partial charge in [0.05, 0.1) is 24.9 Å². The minimum Gasteiger partial charge on any atom is -0.449 e. The first-order valence-electron chi connectivity index (χ1n) is 16.7. The van der Waals surface area contributed by atoms with Gasteiger partial charge in [-0.1, -0.05) is 76.8 Å². The van der Waals surface area contributed by atoms with Crippen LogP contribution in [0.2, 0.25) is 0 Å². The van der Waals surface area contributed by atoms with Gasteiger partial charge in [-0.25, -0.2) is 13.2 Å². The highest BCUT2D eigenvalue weighted by molar-refractivity contribution is 7.90. The maximum atomic E-state index is 13.6. The number of carbonyl (C=O) groups excluding carboxylic acids is 7. The van der Waals surface area contributed by atoms with Crippen molar-refractivity contribution in [2.75, 3.05) is 25.2 Å². The first-order valence-corrected chi connectivity index (χ1v) is 18.8.